The van der Waals surface area contributed by atoms with Gasteiger partial charge in [0.15, 0.2) is 15.0 Å². The second kappa shape index (κ2) is 8.02. The van der Waals surface area contributed by atoms with Crippen LogP contribution < -0.4 is 10.1 Å². The van der Waals surface area contributed by atoms with E-state index in [-0.39, 0.29) is 17.1 Å². The van der Waals surface area contributed by atoms with Gasteiger partial charge in [-0.2, -0.15) is 0 Å². The van der Waals surface area contributed by atoms with Crippen molar-refractivity contribution in [2.75, 3.05) is 18.2 Å². The minimum absolute atomic E-state index is 0.134. The van der Waals surface area contributed by atoms with Crippen LogP contribution in [0.5, 0.6) is 5.75 Å². The second-order valence-corrected chi connectivity index (χ2v) is 9.44. The summed E-state index contributed by atoms with van der Waals surface area (Å²) in [5, 5.41) is 3.81. The van der Waals surface area contributed by atoms with E-state index in [9.17, 15) is 13.2 Å². The fraction of sp³-hybridized carbons (Fsp3) is 0.176. The topological polar surface area (TPSA) is 85.4 Å². The van der Waals surface area contributed by atoms with Crippen LogP contribution in [0.15, 0.2) is 41.3 Å². The summed E-state index contributed by atoms with van der Waals surface area (Å²) in [4.78, 5) is 16.5. The number of nitrogens with zero attached hydrogens (tertiary/aromatic N) is 1. The zero-order valence-corrected chi connectivity index (χ0v) is 17.2. The molecule has 0 aliphatic carbocycles. The highest BCUT2D eigenvalue weighted by Gasteiger charge is 2.18. The van der Waals surface area contributed by atoms with Crippen LogP contribution in [0, 0.1) is 0 Å². The Morgan fingerprint density at radius 3 is 2.44 bits per heavy atom. The third kappa shape index (κ3) is 4.52. The number of halogens is 2. The molecule has 1 heterocycles. The van der Waals surface area contributed by atoms with Crippen molar-refractivity contribution in [1.29, 1.82) is 0 Å². The summed E-state index contributed by atoms with van der Waals surface area (Å²) < 4.78 is 30.4. The van der Waals surface area contributed by atoms with Crippen LogP contribution in [0.3, 0.4) is 0 Å². The van der Waals surface area contributed by atoms with Crippen molar-refractivity contribution in [1.82, 2.24) is 4.98 Å². The van der Waals surface area contributed by atoms with Gasteiger partial charge in [-0.15, -0.1) is 0 Å². The number of rotatable bonds is 6. The Hall–Kier alpha value is -1.87. The molecular weight excluding hydrogens is 431 g/mol. The lowest BCUT2D eigenvalue weighted by atomic mass is 10.3. The van der Waals surface area contributed by atoms with E-state index in [0.717, 1.165) is 0 Å². The molecular formula is C17H14Cl2N2O4S2. The van der Waals surface area contributed by atoms with Gasteiger partial charge in [-0.3, -0.25) is 4.79 Å². The number of amides is 1. The first-order chi connectivity index (χ1) is 12.8. The maximum absolute atomic E-state index is 12.4. The molecule has 3 aromatic rings. The molecule has 0 atom stereocenters. The molecule has 0 saturated carbocycles. The highest BCUT2D eigenvalue weighted by Crippen LogP contribution is 2.36. The number of aromatic nitrogens is 1. The zero-order valence-electron chi connectivity index (χ0n) is 14.0. The highest BCUT2D eigenvalue weighted by molar-refractivity contribution is 7.91. The van der Waals surface area contributed by atoms with Gasteiger partial charge in [-0.1, -0.05) is 34.5 Å². The van der Waals surface area contributed by atoms with Crippen LogP contribution in [0.25, 0.3) is 10.2 Å². The number of carbonyl (C=O) groups is 1. The summed E-state index contributed by atoms with van der Waals surface area (Å²) in [5.41, 5.74) is 0.496. The Morgan fingerprint density at radius 1 is 1.15 bits per heavy atom. The first kappa shape index (κ1) is 19.9. The molecule has 0 saturated heterocycles. The van der Waals surface area contributed by atoms with Crippen molar-refractivity contribution in [3.8, 4) is 5.75 Å². The van der Waals surface area contributed by atoms with Crippen LogP contribution in [0.1, 0.15) is 6.42 Å². The monoisotopic (exact) mass is 444 g/mol. The fourth-order valence-corrected chi connectivity index (χ4v) is 4.99. The second-order valence-electron chi connectivity index (χ2n) is 5.52. The predicted molar refractivity (Wildman–Crippen MR) is 108 cm³/mol. The molecule has 10 heteroatoms. The molecule has 0 fully saturated rings. The van der Waals surface area contributed by atoms with Gasteiger partial charge in [-0.25, -0.2) is 13.4 Å². The van der Waals surface area contributed by atoms with Gasteiger partial charge in [0.2, 0.25) is 5.91 Å². The highest BCUT2D eigenvalue weighted by atomic mass is 35.5. The van der Waals surface area contributed by atoms with Crippen LogP contribution >= 0.6 is 34.5 Å². The van der Waals surface area contributed by atoms with E-state index in [1.54, 1.807) is 24.3 Å². The number of ether oxygens (including phenoxy) is 1. The molecule has 0 radical (unpaired) electrons. The minimum Gasteiger partial charge on any atom is -0.497 e. The van der Waals surface area contributed by atoms with E-state index >= 15 is 0 Å². The summed E-state index contributed by atoms with van der Waals surface area (Å²) in [6.45, 7) is 0. The molecule has 1 N–H and O–H groups in total. The van der Waals surface area contributed by atoms with E-state index in [4.69, 9.17) is 27.9 Å². The normalized spacial score (nSPS) is 11.5. The average Bonchev–Trinajstić information content (AvgIpc) is 3.08. The molecule has 0 unspecified atom stereocenters. The minimum atomic E-state index is -3.59. The smallest absolute Gasteiger partial charge is 0.227 e. The molecule has 0 spiro atoms. The van der Waals surface area contributed by atoms with Gasteiger partial charge in [0.25, 0.3) is 0 Å². The summed E-state index contributed by atoms with van der Waals surface area (Å²) in [7, 11) is -2.09. The molecule has 2 aromatic carbocycles. The number of sulfone groups is 1. The van der Waals surface area contributed by atoms with Crippen molar-refractivity contribution in [3.05, 3.63) is 46.4 Å². The maximum atomic E-state index is 12.4. The summed E-state index contributed by atoms with van der Waals surface area (Å²) in [6.07, 6.45) is -0.203. The van der Waals surface area contributed by atoms with E-state index in [1.807, 2.05) is 0 Å². The zero-order chi connectivity index (χ0) is 19.6. The lowest BCUT2D eigenvalue weighted by Crippen LogP contribution is -2.17. The molecule has 1 amide bonds. The van der Waals surface area contributed by atoms with E-state index < -0.39 is 15.7 Å². The van der Waals surface area contributed by atoms with Gasteiger partial charge in [0, 0.05) is 6.42 Å². The number of thiazole rings is 1. The maximum Gasteiger partial charge on any atom is 0.227 e. The van der Waals surface area contributed by atoms with E-state index in [1.165, 1.54) is 30.6 Å². The Morgan fingerprint density at radius 2 is 1.81 bits per heavy atom. The van der Waals surface area contributed by atoms with Crippen LogP contribution in [0.4, 0.5) is 5.13 Å². The van der Waals surface area contributed by atoms with Crippen molar-refractivity contribution in [2.45, 2.75) is 11.3 Å². The van der Waals surface area contributed by atoms with Crippen molar-refractivity contribution < 1.29 is 17.9 Å². The number of carbonyl (C=O) groups excluding carboxylic acids is 1. The number of hydrogen-bond acceptors (Lipinski definition) is 6. The number of anilines is 1. The average molecular weight is 445 g/mol. The van der Waals surface area contributed by atoms with E-state index in [2.05, 4.69) is 10.3 Å². The van der Waals surface area contributed by atoms with Crippen molar-refractivity contribution in [3.63, 3.8) is 0 Å². The van der Waals surface area contributed by atoms with Crippen molar-refractivity contribution >= 4 is 65.6 Å². The number of benzene rings is 2. The molecule has 27 heavy (non-hydrogen) atoms. The molecule has 142 valence electrons. The lowest BCUT2D eigenvalue weighted by molar-refractivity contribution is -0.115. The number of fused-ring (bicyclic) bond motifs is 1. The molecule has 0 aliphatic heterocycles. The molecule has 3 rings (SSSR count). The lowest BCUT2D eigenvalue weighted by Gasteiger charge is -2.06. The SMILES string of the molecule is COc1ccc(S(=O)(=O)CCC(=O)Nc2nc3c(Cl)ccc(Cl)c3s2)cc1. The first-order valence-corrected chi connectivity index (χ1v) is 10.9. The van der Waals surface area contributed by atoms with Crippen LogP contribution in [0.2, 0.25) is 10.0 Å². The predicted octanol–water partition coefficient (Wildman–Crippen LogP) is 4.41. The quantitative estimate of drug-likeness (QED) is 0.608. The Labute approximate surface area is 170 Å². The van der Waals surface area contributed by atoms with Crippen LogP contribution in [-0.4, -0.2) is 32.2 Å². The largest absolute Gasteiger partial charge is 0.497 e. The standard InChI is InChI=1S/C17H14Cl2N2O4S2/c1-25-10-2-4-11(5-3-10)27(23,24)9-8-14(22)20-17-21-15-12(18)6-7-13(19)16(15)26-17/h2-7H,8-9H2,1H3,(H,20,21,22). The Bertz CT molecular complexity index is 1060. The third-order valence-electron chi connectivity index (χ3n) is 3.71. The molecule has 6 nitrogen and oxygen atoms in total. The van der Waals surface area contributed by atoms with Gasteiger partial charge >= 0.3 is 0 Å². The number of methoxy groups -OCH3 is 1. The Kier molecular flexibility index (Phi) is 5.90. The van der Waals surface area contributed by atoms with Gasteiger partial charge in [-0.05, 0) is 36.4 Å². The fourth-order valence-electron chi connectivity index (χ4n) is 2.31. The number of hydrogen-bond donors (Lipinski definition) is 1. The summed E-state index contributed by atoms with van der Waals surface area (Å²) >= 11 is 13.4. The Balaban J connectivity index is 1.67. The molecule has 0 aliphatic rings. The van der Waals surface area contributed by atoms with Gasteiger partial charge in [0.05, 0.1) is 32.5 Å². The van der Waals surface area contributed by atoms with Crippen molar-refractivity contribution in [2.24, 2.45) is 0 Å². The number of nitrogens with one attached hydrogen (secondary N) is 1. The first-order valence-electron chi connectivity index (χ1n) is 7.71. The van der Waals surface area contributed by atoms with Gasteiger partial charge < -0.3 is 10.1 Å². The van der Waals surface area contributed by atoms with E-state index in [0.29, 0.717) is 31.1 Å². The van der Waals surface area contributed by atoms with Gasteiger partial charge in [0.1, 0.15) is 11.3 Å². The third-order valence-corrected chi connectivity index (χ3v) is 7.18. The summed E-state index contributed by atoms with van der Waals surface area (Å²) in [6, 6.07) is 9.28. The summed E-state index contributed by atoms with van der Waals surface area (Å²) in [5.74, 6) is -0.226. The van der Waals surface area contributed by atoms with Crippen LogP contribution in [-0.2, 0) is 14.6 Å². The molecule has 1 aromatic heterocycles. The molecule has 0 bridgehead atoms.